The van der Waals surface area contributed by atoms with Crippen LogP contribution in [0.5, 0.6) is 0 Å². The summed E-state index contributed by atoms with van der Waals surface area (Å²) >= 11 is 10.4. The van der Waals surface area contributed by atoms with Gasteiger partial charge in [0, 0.05) is 12.8 Å². The lowest BCUT2D eigenvalue weighted by Crippen LogP contribution is -2.28. The van der Waals surface area contributed by atoms with Gasteiger partial charge in [0.1, 0.15) is 45.0 Å². The largest absolute Gasteiger partial charge is 0.472 e. The Morgan fingerprint density at radius 3 is 1.73 bits per heavy atom. The molecule has 2 saturated heterocycles. The van der Waals surface area contributed by atoms with Crippen LogP contribution in [0.4, 0.5) is 11.9 Å². The highest BCUT2D eigenvalue weighted by molar-refractivity contribution is 7.71. The number of aromatic amines is 2. The van der Waals surface area contributed by atoms with Crippen molar-refractivity contribution in [3.05, 3.63) is 21.9 Å². The number of nitrogens with one attached hydrogen (secondary N) is 2. The van der Waals surface area contributed by atoms with E-state index in [0.29, 0.717) is 31.6 Å². The highest BCUT2D eigenvalue weighted by Gasteiger charge is 2.40. The molecule has 4 aromatic heterocycles. The molecule has 4 aromatic rings. The smallest absolute Gasteiger partial charge is 0.390 e. The SMILES string of the molecule is Nc1nc2c(ncn2[C@H]2C[C@@H](O)[C@@H](COP(=O)(O)OC[C@H]3O[C@@H](n4cnc5c(=S)[nH]c(N)nc54)C[C@H]3O)O2)c(=S)[nH]1. The normalized spacial score (nSPS) is 26.9. The van der Waals surface area contributed by atoms with Crippen molar-refractivity contribution >= 4 is 66.5 Å². The molecule has 6 rings (SSSR count). The second-order valence-electron chi connectivity index (χ2n) is 9.47. The Morgan fingerprint density at radius 1 is 0.902 bits per heavy atom. The van der Waals surface area contributed by atoms with Gasteiger partial charge in [0.15, 0.2) is 11.3 Å². The van der Waals surface area contributed by atoms with Crippen molar-refractivity contribution in [1.82, 2.24) is 39.0 Å². The van der Waals surface area contributed by atoms with Crippen LogP contribution >= 0.6 is 32.3 Å². The van der Waals surface area contributed by atoms with Crippen LogP contribution in [0.3, 0.4) is 0 Å². The van der Waals surface area contributed by atoms with E-state index in [4.69, 9.17) is 54.4 Å². The summed E-state index contributed by atoms with van der Waals surface area (Å²) in [6, 6.07) is 0. The maximum Gasteiger partial charge on any atom is 0.472 e. The van der Waals surface area contributed by atoms with E-state index in [0.717, 1.165) is 0 Å². The minimum Gasteiger partial charge on any atom is -0.390 e. The van der Waals surface area contributed by atoms with Crippen molar-refractivity contribution in [2.75, 3.05) is 24.7 Å². The number of imidazole rings is 2. The number of H-pyrrole nitrogens is 2. The van der Waals surface area contributed by atoms with E-state index >= 15 is 0 Å². The van der Waals surface area contributed by atoms with Gasteiger partial charge in [0.2, 0.25) is 11.9 Å². The third kappa shape index (κ3) is 5.50. The molecule has 6 atom stereocenters. The van der Waals surface area contributed by atoms with Gasteiger partial charge in [-0.1, -0.05) is 24.4 Å². The summed E-state index contributed by atoms with van der Waals surface area (Å²) in [5.41, 5.74) is 13.0. The van der Waals surface area contributed by atoms with Crippen molar-refractivity contribution < 1.29 is 38.2 Å². The fraction of sp³-hybridized carbons (Fsp3) is 0.500. The molecule has 0 radical (unpaired) electrons. The predicted octanol–water partition coefficient (Wildman–Crippen LogP) is 0.586. The Labute approximate surface area is 239 Å². The van der Waals surface area contributed by atoms with Crippen molar-refractivity contribution in [3.8, 4) is 0 Å². The van der Waals surface area contributed by atoms with Gasteiger partial charge in [0.25, 0.3) is 0 Å². The number of aliphatic hydroxyl groups is 2. The van der Waals surface area contributed by atoms with E-state index < -0.39 is 57.9 Å². The van der Waals surface area contributed by atoms with E-state index in [-0.39, 0.29) is 24.7 Å². The molecule has 2 aliphatic heterocycles. The number of hydrogen-bond donors (Lipinski definition) is 7. The third-order valence-corrected chi connectivity index (χ3v) is 8.28. The number of rotatable bonds is 8. The van der Waals surface area contributed by atoms with Crippen LogP contribution in [0.1, 0.15) is 25.3 Å². The molecule has 0 unspecified atom stereocenters. The van der Waals surface area contributed by atoms with E-state index in [9.17, 15) is 19.7 Å². The second-order valence-corrected chi connectivity index (χ2v) is 11.7. The number of ether oxygens (including phenoxy) is 2. The summed E-state index contributed by atoms with van der Waals surface area (Å²) in [5, 5.41) is 21.0. The Hall–Kier alpha value is -2.91. The second kappa shape index (κ2) is 10.7. The van der Waals surface area contributed by atoms with Gasteiger partial charge in [-0.15, -0.1) is 0 Å². The summed E-state index contributed by atoms with van der Waals surface area (Å²) in [6.07, 6.45) is -2.24. The van der Waals surface area contributed by atoms with Crippen LogP contribution in [0.25, 0.3) is 22.3 Å². The molecule has 2 aliphatic rings. The summed E-state index contributed by atoms with van der Waals surface area (Å²) in [5.74, 6) is 0.181. The Balaban J connectivity index is 1.05. The van der Waals surface area contributed by atoms with Gasteiger partial charge in [-0.25, -0.2) is 14.5 Å². The quantitative estimate of drug-likeness (QED) is 0.104. The van der Waals surface area contributed by atoms with Crippen LogP contribution in [0, 0.1) is 9.28 Å². The highest BCUT2D eigenvalue weighted by Crippen LogP contribution is 2.45. The van der Waals surface area contributed by atoms with Crippen molar-refractivity contribution in [2.45, 2.75) is 49.7 Å². The first-order valence-electron chi connectivity index (χ1n) is 12.2. The average Bonchev–Trinajstić information content (AvgIpc) is 3.67. The molecule has 18 nitrogen and oxygen atoms in total. The minimum atomic E-state index is -4.63. The Kier molecular flexibility index (Phi) is 7.39. The van der Waals surface area contributed by atoms with Crippen molar-refractivity contribution in [2.24, 2.45) is 0 Å². The van der Waals surface area contributed by atoms with Crippen molar-refractivity contribution in [1.29, 1.82) is 0 Å². The maximum absolute atomic E-state index is 12.6. The predicted molar refractivity (Wildman–Crippen MR) is 145 cm³/mol. The van der Waals surface area contributed by atoms with Gasteiger partial charge in [-0.3, -0.25) is 18.2 Å². The number of aromatic nitrogens is 8. The first-order valence-corrected chi connectivity index (χ1v) is 14.5. The van der Waals surface area contributed by atoms with Crippen LogP contribution in [0.15, 0.2) is 12.7 Å². The zero-order valence-corrected chi connectivity index (χ0v) is 23.5. The topological polar surface area (TPSA) is 260 Å². The van der Waals surface area contributed by atoms with E-state index in [1.54, 1.807) is 9.13 Å². The summed E-state index contributed by atoms with van der Waals surface area (Å²) in [4.78, 5) is 32.5. The number of phosphoric acid groups is 1. The van der Waals surface area contributed by atoms with Crippen LogP contribution in [0.2, 0.25) is 0 Å². The molecular formula is C20H25N10O8PS2. The van der Waals surface area contributed by atoms with Gasteiger partial charge in [-0.05, 0) is 0 Å². The van der Waals surface area contributed by atoms with Gasteiger partial charge in [-0.2, -0.15) is 9.97 Å². The number of anilines is 2. The number of aliphatic hydroxyl groups excluding tert-OH is 2. The number of nitrogen functional groups attached to an aromatic ring is 2. The number of hydrogen-bond acceptors (Lipinski definition) is 15. The molecule has 0 aliphatic carbocycles. The molecule has 2 fully saturated rings. The van der Waals surface area contributed by atoms with Crippen LogP contribution in [-0.4, -0.2) is 91.8 Å². The summed E-state index contributed by atoms with van der Waals surface area (Å²) in [7, 11) is -4.63. The molecule has 0 saturated carbocycles. The molecule has 0 aromatic carbocycles. The molecule has 0 spiro atoms. The summed E-state index contributed by atoms with van der Waals surface area (Å²) < 4.78 is 38.2. The fourth-order valence-corrected chi connectivity index (χ4v) is 5.99. The van der Waals surface area contributed by atoms with E-state index in [1.165, 1.54) is 12.7 Å². The number of phosphoric ester groups is 1. The molecule has 9 N–H and O–H groups in total. The fourth-order valence-electron chi connectivity index (χ4n) is 4.75. The molecule has 41 heavy (non-hydrogen) atoms. The standard InChI is InChI=1S/C20H25N10O8PS2/c21-19-25-15-13(17(40)27-19)23-5-29(15)11-1-7(31)9(37-11)3-35-39(33,34)36-4-10-8(32)2-12(38-10)30-6-24-14-16(30)26-20(22)28-18(14)41/h5-12,31-32H,1-4H2,(H,33,34)(H3,21,25,27,40)(H3,22,26,28,41)/t7-,8-,9-,10-,11-,12-/m1/s1. The lowest BCUT2D eigenvalue weighted by Gasteiger charge is -2.20. The Morgan fingerprint density at radius 2 is 1.32 bits per heavy atom. The van der Waals surface area contributed by atoms with Crippen molar-refractivity contribution in [3.63, 3.8) is 0 Å². The Bertz CT molecular complexity index is 1650. The first-order chi connectivity index (χ1) is 19.5. The molecule has 6 heterocycles. The lowest BCUT2D eigenvalue weighted by atomic mass is 10.2. The van der Waals surface area contributed by atoms with Crippen LogP contribution < -0.4 is 11.5 Å². The lowest BCUT2D eigenvalue weighted by molar-refractivity contribution is -0.0559. The van der Waals surface area contributed by atoms with Gasteiger partial charge in [0.05, 0.1) is 38.1 Å². The molecule has 220 valence electrons. The van der Waals surface area contributed by atoms with Gasteiger partial charge >= 0.3 is 7.82 Å². The zero-order chi connectivity index (χ0) is 29.1. The minimum absolute atomic E-state index is 0.0905. The molecule has 0 bridgehead atoms. The molecule has 21 heteroatoms. The van der Waals surface area contributed by atoms with Gasteiger partial charge < -0.3 is 46.0 Å². The zero-order valence-electron chi connectivity index (χ0n) is 20.9. The third-order valence-electron chi connectivity index (χ3n) is 6.73. The average molecular weight is 629 g/mol. The highest BCUT2D eigenvalue weighted by atomic mass is 32.1. The monoisotopic (exact) mass is 628 g/mol. The summed E-state index contributed by atoms with van der Waals surface area (Å²) in [6.45, 7) is -0.919. The molecule has 0 amide bonds. The number of nitrogens with zero attached hydrogens (tertiary/aromatic N) is 6. The van der Waals surface area contributed by atoms with Crippen LogP contribution in [-0.2, 0) is 23.1 Å². The maximum atomic E-state index is 12.6. The molecular weight excluding hydrogens is 603 g/mol. The van der Waals surface area contributed by atoms with E-state index in [1.807, 2.05) is 0 Å². The van der Waals surface area contributed by atoms with E-state index in [2.05, 4.69) is 29.9 Å². The number of nitrogens with two attached hydrogens (primary N) is 2. The number of fused-ring (bicyclic) bond motifs is 2. The first kappa shape index (κ1) is 28.2.